The van der Waals surface area contributed by atoms with Crippen molar-refractivity contribution in [1.82, 2.24) is 19.8 Å². The van der Waals surface area contributed by atoms with Crippen molar-refractivity contribution in [2.45, 2.75) is 78.6 Å². The minimum atomic E-state index is 0.510. The minimum Gasteiger partial charge on any atom is -0.478 e. The molecule has 0 aliphatic rings. The van der Waals surface area contributed by atoms with Crippen molar-refractivity contribution in [2.75, 3.05) is 31.7 Å². The number of aromatic amines is 1. The first-order chi connectivity index (χ1) is 16.7. The van der Waals surface area contributed by atoms with Gasteiger partial charge >= 0.3 is 0 Å². The summed E-state index contributed by atoms with van der Waals surface area (Å²) in [5.74, 6) is 4.16. The van der Waals surface area contributed by atoms with Gasteiger partial charge in [0.1, 0.15) is 6.11 Å². The molecule has 0 bridgehead atoms. The molecule has 7 nitrogen and oxygen atoms in total. The average molecular weight is 486 g/mol. The van der Waals surface area contributed by atoms with Crippen LogP contribution >= 0.6 is 11.3 Å². The molecule has 0 aliphatic carbocycles. The van der Waals surface area contributed by atoms with Gasteiger partial charge in [-0.1, -0.05) is 52.4 Å². The summed E-state index contributed by atoms with van der Waals surface area (Å²) in [6, 6.07) is 4.46. The summed E-state index contributed by atoms with van der Waals surface area (Å²) in [6.45, 7) is 9.50. The average Bonchev–Trinajstić information content (AvgIpc) is 3.55. The number of nitrogens with zero attached hydrogens (tertiary/aromatic N) is 4. The molecule has 0 atom stereocenters. The molecule has 3 rings (SSSR count). The van der Waals surface area contributed by atoms with Crippen LogP contribution < -0.4 is 9.64 Å². The predicted molar refractivity (Wildman–Crippen MR) is 140 cm³/mol. The Kier molecular flexibility index (Phi) is 10.6. The number of unbranched alkanes of at least 4 members (excludes halogenated alkanes) is 6. The number of H-pyrrole nitrogens is 1. The third kappa shape index (κ3) is 6.92. The number of anilines is 1. The second-order valence-electron chi connectivity index (χ2n) is 8.50. The molecule has 34 heavy (non-hydrogen) atoms. The van der Waals surface area contributed by atoms with Crippen molar-refractivity contribution in [1.29, 1.82) is 0 Å². The van der Waals surface area contributed by atoms with Crippen LogP contribution in [0.5, 0.6) is 5.88 Å². The highest BCUT2D eigenvalue weighted by atomic mass is 32.1. The summed E-state index contributed by atoms with van der Waals surface area (Å²) < 4.78 is 12.9. The highest BCUT2D eigenvalue weighted by molar-refractivity contribution is 7.16. The van der Waals surface area contributed by atoms with Crippen LogP contribution in [-0.2, 0) is 11.2 Å². The topological polar surface area (TPSA) is 67.7 Å². The highest BCUT2D eigenvalue weighted by Crippen LogP contribution is 2.32. The van der Waals surface area contributed by atoms with Gasteiger partial charge in [-0.15, -0.1) is 21.5 Å². The van der Waals surface area contributed by atoms with Crippen molar-refractivity contribution in [2.24, 2.45) is 0 Å². The molecule has 0 radical (unpaired) electrons. The Hall–Kier alpha value is -2.66. The van der Waals surface area contributed by atoms with Crippen molar-refractivity contribution in [3.05, 3.63) is 28.4 Å². The Morgan fingerprint density at radius 1 is 1.03 bits per heavy atom. The summed E-state index contributed by atoms with van der Waals surface area (Å²) in [5.41, 5.74) is 1.78. The van der Waals surface area contributed by atoms with Crippen molar-refractivity contribution in [3.63, 3.8) is 0 Å². The first kappa shape index (κ1) is 26.0. The molecule has 0 spiro atoms. The van der Waals surface area contributed by atoms with Crippen LogP contribution in [0.1, 0.15) is 88.4 Å². The third-order valence-corrected chi connectivity index (χ3v) is 7.05. The van der Waals surface area contributed by atoms with Crippen molar-refractivity contribution in [3.8, 4) is 17.9 Å². The number of hydrogen-bond acceptors (Lipinski definition) is 6. The van der Waals surface area contributed by atoms with Gasteiger partial charge in [0.15, 0.2) is 5.65 Å². The van der Waals surface area contributed by atoms with Gasteiger partial charge in [0, 0.05) is 30.3 Å². The van der Waals surface area contributed by atoms with Crippen molar-refractivity contribution < 1.29 is 9.47 Å². The first-order valence-corrected chi connectivity index (χ1v) is 13.5. The van der Waals surface area contributed by atoms with Crippen LogP contribution in [0.4, 0.5) is 5.00 Å². The fourth-order valence-electron chi connectivity index (χ4n) is 3.95. The number of ether oxygens (including phenoxy) is 2. The number of thiophene rings is 1. The van der Waals surface area contributed by atoms with E-state index >= 15 is 0 Å². The number of methoxy groups -OCH3 is 1. The van der Waals surface area contributed by atoms with Gasteiger partial charge in [-0.05, 0) is 31.9 Å². The predicted octanol–water partition coefficient (Wildman–Crippen LogP) is 6.03. The van der Waals surface area contributed by atoms with Gasteiger partial charge in [0.2, 0.25) is 11.7 Å². The zero-order chi connectivity index (χ0) is 24.2. The Balaban J connectivity index is 1.76. The molecule has 3 aromatic heterocycles. The van der Waals surface area contributed by atoms with Gasteiger partial charge in [-0.3, -0.25) is 5.10 Å². The summed E-state index contributed by atoms with van der Waals surface area (Å²) in [6.07, 6.45) is 13.1. The largest absolute Gasteiger partial charge is 0.478 e. The number of hydrogen-bond donors (Lipinski definition) is 1. The van der Waals surface area contributed by atoms with Gasteiger partial charge in [-0.2, -0.15) is 0 Å². The maximum atomic E-state index is 6.22. The smallest absolute Gasteiger partial charge is 0.230 e. The fourth-order valence-corrected chi connectivity index (χ4v) is 5.05. The lowest BCUT2D eigenvalue weighted by atomic mass is 10.1. The maximum Gasteiger partial charge on any atom is 0.230 e. The van der Waals surface area contributed by atoms with E-state index in [-0.39, 0.29) is 0 Å². The van der Waals surface area contributed by atoms with E-state index < -0.39 is 0 Å². The molecule has 8 heteroatoms. The lowest BCUT2D eigenvalue weighted by Crippen LogP contribution is -2.22. The number of aromatic nitrogens is 4. The van der Waals surface area contributed by atoms with E-state index in [1.165, 1.54) is 61.9 Å². The van der Waals surface area contributed by atoms with Crippen LogP contribution in [0, 0.1) is 12.0 Å². The normalized spacial score (nSPS) is 10.9. The number of fused-ring (bicyclic) bond motifs is 1. The molecular weight excluding hydrogens is 446 g/mol. The van der Waals surface area contributed by atoms with E-state index in [1.807, 2.05) is 11.3 Å². The summed E-state index contributed by atoms with van der Waals surface area (Å²) in [4.78, 5) is 3.74. The van der Waals surface area contributed by atoms with E-state index in [9.17, 15) is 0 Å². The molecule has 1 N–H and O–H groups in total. The van der Waals surface area contributed by atoms with E-state index in [0.717, 1.165) is 43.0 Å². The molecule has 3 aromatic rings. The molecule has 0 aliphatic heterocycles. The summed E-state index contributed by atoms with van der Waals surface area (Å²) >= 11 is 1.84. The minimum absolute atomic E-state index is 0.510. The lowest BCUT2D eigenvalue weighted by Gasteiger charge is -2.20. The lowest BCUT2D eigenvalue weighted by molar-refractivity contribution is 0.289. The molecule has 3 heterocycles. The highest BCUT2D eigenvalue weighted by Gasteiger charge is 2.20. The van der Waals surface area contributed by atoms with Gasteiger partial charge < -0.3 is 14.4 Å². The Bertz CT molecular complexity index is 1060. The van der Waals surface area contributed by atoms with E-state index in [0.29, 0.717) is 12.4 Å². The maximum absolute atomic E-state index is 6.22. The Morgan fingerprint density at radius 3 is 2.59 bits per heavy atom. The summed E-state index contributed by atoms with van der Waals surface area (Å²) in [5, 5.41) is 13.3. The van der Waals surface area contributed by atoms with Crippen LogP contribution in [0.25, 0.3) is 5.65 Å². The third-order valence-electron chi connectivity index (χ3n) is 5.90. The molecule has 0 amide bonds. The van der Waals surface area contributed by atoms with E-state index in [4.69, 9.17) is 9.47 Å². The molecule has 0 saturated carbocycles. The van der Waals surface area contributed by atoms with Crippen LogP contribution in [0.3, 0.4) is 0 Å². The first-order valence-electron chi connectivity index (χ1n) is 12.7. The Morgan fingerprint density at radius 2 is 1.82 bits per heavy atom. The van der Waals surface area contributed by atoms with Gasteiger partial charge in [0.05, 0.1) is 24.3 Å². The number of nitrogens with one attached hydrogen (secondary N) is 1. The SMILES string of the molecule is CCCCCCCCOc1[nH]n2c(C#COC)nnc2c1Cc1ccc(N(CC)CCCC)s1. The second kappa shape index (κ2) is 13.9. The zero-order valence-corrected chi connectivity index (χ0v) is 22.0. The molecule has 0 unspecified atom stereocenters. The van der Waals surface area contributed by atoms with Crippen LogP contribution in [0.2, 0.25) is 0 Å². The fraction of sp³-hybridized carbons (Fsp3) is 0.615. The van der Waals surface area contributed by atoms with Crippen LogP contribution in [0.15, 0.2) is 12.1 Å². The molecular formula is C26H39N5O2S. The standard InChI is InChI=1S/C26H39N5O2S/c1-5-8-10-11-12-13-18-33-26-22(25-28-27-23(16-19-32-4)31(25)29-26)20-21-14-15-24(34-21)30(7-3)17-9-6-2/h14-15,29H,5-13,17-18,20H2,1-4H3. The second-order valence-corrected chi connectivity index (χ2v) is 9.65. The zero-order valence-electron chi connectivity index (χ0n) is 21.2. The molecule has 186 valence electrons. The van der Waals surface area contributed by atoms with E-state index in [2.05, 4.69) is 65.1 Å². The molecule has 0 aromatic carbocycles. The number of rotatable bonds is 15. The summed E-state index contributed by atoms with van der Waals surface area (Å²) in [7, 11) is 1.54. The van der Waals surface area contributed by atoms with Crippen molar-refractivity contribution >= 4 is 22.0 Å². The van der Waals surface area contributed by atoms with Crippen LogP contribution in [-0.4, -0.2) is 46.6 Å². The monoisotopic (exact) mass is 485 g/mol. The molecule has 0 fully saturated rings. The van der Waals surface area contributed by atoms with Gasteiger partial charge in [-0.25, -0.2) is 4.52 Å². The van der Waals surface area contributed by atoms with Gasteiger partial charge in [0.25, 0.3) is 0 Å². The quantitative estimate of drug-likeness (QED) is 0.210. The van der Waals surface area contributed by atoms with E-state index in [1.54, 1.807) is 4.52 Å². The molecule has 0 saturated heterocycles. The Labute approximate surface area is 207 Å².